The Morgan fingerprint density at radius 3 is 2.56 bits per heavy atom. The Bertz CT molecular complexity index is 306. The molecule has 0 aromatic heterocycles. The summed E-state index contributed by atoms with van der Waals surface area (Å²) < 4.78 is 5.55. The van der Waals surface area contributed by atoms with Gasteiger partial charge in [0.2, 0.25) is 0 Å². The third-order valence-electron chi connectivity index (χ3n) is 5.49. The van der Waals surface area contributed by atoms with Gasteiger partial charge in [0.15, 0.2) is 0 Å². The summed E-state index contributed by atoms with van der Waals surface area (Å²) in [6.45, 7) is 2.87. The second-order valence-corrected chi connectivity index (χ2v) is 6.80. The standard InChI is InChI=1S/C16H26O2/c1-2-18-16-8-12(9-16)7-15(17)10-14-6-11-3-4-13(14)5-11/h11-14,16H,2-10H2,1H3. The summed E-state index contributed by atoms with van der Waals surface area (Å²) in [7, 11) is 0. The van der Waals surface area contributed by atoms with E-state index in [1.807, 2.05) is 6.92 Å². The molecule has 0 aromatic rings. The van der Waals surface area contributed by atoms with E-state index in [1.54, 1.807) is 0 Å². The molecule has 0 spiro atoms. The van der Waals surface area contributed by atoms with Crippen LogP contribution in [0, 0.1) is 23.7 Å². The van der Waals surface area contributed by atoms with Crippen LogP contribution in [0.1, 0.15) is 58.3 Å². The molecule has 3 unspecified atom stereocenters. The summed E-state index contributed by atoms with van der Waals surface area (Å²) in [5.74, 6) is 3.79. The number of Topliss-reactive ketones (excluding diaryl/α,β-unsaturated/α-hetero) is 1. The molecule has 0 amide bonds. The summed E-state index contributed by atoms with van der Waals surface area (Å²) in [4.78, 5) is 12.1. The van der Waals surface area contributed by atoms with Crippen LogP contribution in [0.4, 0.5) is 0 Å². The lowest BCUT2D eigenvalue weighted by Crippen LogP contribution is -2.33. The van der Waals surface area contributed by atoms with Crippen LogP contribution < -0.4 is 0 Å². The highest BCUT2D eigenvalue weighted by atomic mass is 16.5. The summed E-state index contributed by atoms with van der Waals surface area (Å²) in [6, 6.07) is 0. The van der Waals surface area contributed by atoms with Crippen molar-refractivity contribution in [2.24, 2.45) is 23.7 Å². The lowest BCUT2D eigenvalue weighted by atomic mass is 9.77. The highest BCUT2D eigenvalue weighted by Gasteiger charge is 2.40. The Kier molecular flexibility index (Phi) is 3.74. The Labute approximate surface area is 110 Å². The third-order valence-corrected chi connectivity index (χ3v) is 5.49. The van der Waals surface area contributed by atoms with Crippen LogP contribution in [0.5, 0.6) is 0 Å². The van der Waals surface area contributed by atoms with Gasteiger partial charge in [0.1, 0.15) is 5.78 Å². The Balaban J connectivity index is 1.36. The first kappa shape index (κ1) is 12.7. The first-order valence-electron chi connectivity index (χ1n) is 7.88. The van der Waals surface area contributed by atoms with Gasteiger partial charge in [-0.05, 0) is 62.7 Å². The molecule has 18 heavy (non-hydrogen) atoms. The fraction of sp³-hybridized carbons (Fsp3) is 0.938. The van der Waals surface area contributed by atoms with Gasteiger partial charge in [0, 0.05) is 19.4 Å². The first-order chi connectivity index (χ1) is 8.74. The van der Waals surface area contributed by atoms with Gasteiger partial charge in [0.25, 0.3) is 0 Å². The minimum atomic E-state index is 0.454. The lowest BCUT2D eigenvalue weighted by molar-refractivity contribution is -0.123. The van der Waals surface area contributed by atoms with Gasteiger partial charge in [-0.1, -0.05) is 6.42 Å². The number of ketones is 1. The average Bonchev–Trinajstić information content (AvgIpc) is 2.88. The SMILES string of the molecule is CCOC1CC(CC(=O)CC2CC3CCC2C3)C1. The van der Waals surface area contributed by atoms with Crippen molar-refractivity contribution in [3.8, 4) is 0 Å². The number of carbonyl (C=O) groups is 1. The van der Waals surface area contributed by atoms with E-state index in [0.717, 1.165) is 50.0 Å². The molecule has 3 atom stereocenters. The molecule has 2 nitrogen and oxygen atoms in total. The maximum absolute atomic E-state index is 12.1. The monoisotopic (exact) mass is 250 g/mol. The van der Waals surface area contributed by atoms with Gasteiger partial charge in [-0.3, -0.25) is 4.79 Å². The van der Waals surface area contributed by atoms with Crippen molar-refractivity contribution in [1.82, 2.24) is 0 Å². The number of rotatable bonds is 6. The molecular weight excluding hydrogens is 224 g/mol. The minimum Gasteiger partial charge on any atom is -0.378 e. The van der Waals surface area contributed by atoms with Gasteiger partial charge in [-0.2, -0.15) is 0 Å². The molecule has 2 bridgehead atoms. The quantitative estimate of drug-likeness (QED) is 0.720. The van der Waals surface area contributed by atoms with Gasteiger partial charge >= 0.3 is 0 Å². The zero-order valence-electron chi connectivity index (χ0n) is 11.6. The van der Waals surface area contributed by atoms with Crippen molar-refractivity contribution in [2.45, 2.75) is 64.4 Å². The number of ether oxygens (including phenoxy) is 1. The zero-order valence-corrected chi connectivity index (χ0v) is 11.6. The summed E-state index contributed by atoms with van der Waals surface area (Å²) >= 11 is 0. The van der Waals surface area contributed by atoms with Gasteiger partial charge < -0.3 is 4.74 Å². The second-order valence-electron chi connectivity index (χ2n) is 6.80. The van der Waals surface area contributed by atoms with Crippen LogP contribution in [0.25, 0.3) is 0 Å². The minimum absolute atomic E-state index is 0.454. The van der Waals surface area contributed by atoms with Crippen LogP contribution in [-0.4, -0.2) is 18.5 Å². The lowest BCUT2D eigenvalue weighted by Gasteiger charge is -2.34. The van der Waals surface area contributed by atoms with Crippen molar-refractivity contribution >= 4 is 5.78 Å². The van der Waals surface area contributed by atoms with E-state index in [0.29, 0.717) is 17.8 Å². The highest BCUT2D eigenvalue weighted by molar-refractivity contribution is 5.79. The Hall–Kier alpha value is -0.370. The average molecular weight is 250 g/mol. The largest absolute Gasteiger partial charge is 0.378 e. The van der Waals surface area contributed by atoms with E-state index < -0.39 is 0 Å². The maximum Gasteiger partial charge on any atom is 0.133 e. The van der Waals surface area contributed by atoms with Crippen LogP contribution in [0.3, 0.4) is 0 Å². The number of hydrogen-bond acceptors (Lipinski definition) is 2. The van der Waals surface area contributed by atoms with Crippen molar-refractivity contribution in [3.63, 3.8) is 0 Å². The van der Waals surface area contributed by atoms with Gasteiger partial charge in [-0.15, -0.1) is 0 Å². The Morgan fingerprint density at radius 1 is 1.11 bits per heavy atom. The van der Waals surface area contributed by atoms with Crippen LogP contribution in [0.15, 0.2) is 0 Å². The van der Waals surface area contributed by atoms with Crippen LogP contribution >= 0.6 is 0 Å². The van der Waals surface area contributed by atoms with E-state index in [4.69, 9.17) is 4.74 Å². The van der Waals surface area contributed by atoms with E-state index in [9.17, 15) is 4.79 Å². The molecular formula is C16H26O2. The molecule has 0 aliphatic heterocycles. The molecule has 3 aliphatic carbocycles. The fourth-order valence-corrected chi connectivity index (χ4v) is 4.54. The summed E-state index contributed by atoms with van der Waals surface area (Å²) in [6.07, 6.45) is 10.0. The fourth-order valence-electron chi connectivity index (χ4n) is 4.54. The Morgan fingerprint density at radius 2 is 1.94 bits per heavy atom. The second kappa shape index (κ2) is 5.32. The smallest absolute Gasteiger partial charge is 0.133 e. The molecule has 3 fully saturated rings. The number of fused-ring (bicyclic) bond motifs is 2. The number of carbonyl (C=O) groups excluding carboxylic acids is 1. The van der Waals surface area contributed by atoms with Gasteiger partial charge in [-0.25, -0.2) is 0 Å². The molecule has 0 saturated heterocycles. The number of hydrogen-bond donors (Lipinski definition) is 0. The van der Waals surface area contributed by atoms with Gasteiger partial charge in [0.05, 0.1) is 6.10 Å². The van der Waals surface area contributed by atoms with E-state index in [2.05, 4.69) is 0 Å². The molecule has 102 valence electrons. The predicted molar refractivity (Wildman–Crippen MR) is 71.3 cm³/mol. The third kappa shape index (κ3) is 2.64. The van der Waals surface area contributed by atoms with E-state index in [1.165, 1.54) is 25.7 Å². The predicted octanol–water partition coefficient (Wildman–Crippen LogP) is 3.59. The highest BCUT2D eigenvalue weighted by Crippen LogP contribution is 2.49. The molecule has 3 rings (SSSR count). The molecule has 0 heterocycles. The van der Waals surface area contributed by atoms with E-state index in [-0.39, 0.29) is 0 Å². The summed E-state index contributed by atoms with van der Waals surface area (Å²) in [5.41, 5.74) is 0. The summed E-state index contributed by atoms with van der Waals surface area (Å²) in [5, 5.41) is 0. The zero-order chi connectivity index (χ0) is 12.5. The molecule has 0 radical (unpaired) electrons. The van der Waals surface area contributed by atoms with Crippen molar-refractivity contribution in [2.75, 3.05) is 6.61 Å². The molecule has 0 N–H and O–H groups in total. The van der Waals surface area contributed by atoms with Crippen LogP contribution in [-0.2, 0) is 9.53 Å². The first-order valence-corrected chi connectivity index (χ1v) is 7.88. The molecule has 0 aromatic carbocycles. The molecule has 3 saturated carbocycles. The van der Waals surface area contributed by atoms with Crippen molar-refractivity contribution < 1.29 is 9.53 Å². The molecule has 2 heteroatoms. The van der Waals surface area contributed by atoms with Crippen LogP contribution in [0.2, 0.25) is 0 Å². The van der Waals surface area contributed by atoms with Crippen molar-refractivity contribution in [3.05, 3.63) is 0 Å². The van der Waals surface area contributed by atoms with Crippen molar-refractivity contribution in [1.29, 1.82) is 0 Å². The molecule has 3 aliphatic rings. The normalized spacial score (nSPS) is 41.9. The van der Waals surface area contributed by atoms with E-state index >= 15 is 0 Å². The topological polar surface area (TPSA) is 26.3 Å². The maximum atomic E-state index is 12.1.